The quantitative estimate of drug-likeness (QED) is 0.358. The molecule has 0 saturated carbocycles. The Morgan fingerprint density at radius 3 is 2.58 bits per heavy atom. The van der Waals surface area contributed by atoms with Crippen molar-refractivity contribution in [2.45, 2.75) is 46.3 Å². The van der Waals surface area contributed by atoms with E-state index in [2.05, 4.69) is 38.1 Å². The number of amides is 1. The molecular formula is C29H33ClN6O2. The molecule has 1 aliphatic rings. The number of hydrogen-bond donors (Lipinski definition) is 1. The zero-order chi connectivity index (χ0) is 26.9. The third-order valence-corrected chi connectivity index (χ3v) is 7.04. The molecular weight excluding hydrogens is 500 g/mol. The average molecular weight is 533 g/mol. The average Bonchev–Trinajstić information content (AvgIpc) is 3.27. The molecule has 5 rings (SSSR count). The van der Waals surface area contributed by atoms with Gasteiger partial charge in [-0.25, -0.2) is 9.78 Å². The van der Waals surface area contributed by atoms with Gasteiger partial charge in [0.1, 0.15) is 11.4 Å². The number of aromatic nitrogens is 4. The first-order valence-electron chi connectivity index (χ1n) is 12.9. The number of fused-ring (bicyclic) bond motifs is 1. The summed E-state index contributed by atoms with van der Waals surface area (Å²) in [5.41, 5.74) is 6.34. The maximum absolute atomic E-state index is 12.3. The van der Waals surface area contributed by atoms with Crippen molar-refractivity contribution in [1.29, 1.82) is 0 Å². The molecule has 0 bridgehead atoms. The Morgan fingerprint density at radius 2 is 1.82 bits per heavy atom. The van der Waals surface area contributed by atoms with Gasteiger partial charge in [-0.05, 0) is 69.2 Å². The van der Waals surface area contributed by atoms with Crippen LogP contribution >= 0.6 is 11.6 Å². The van der Waals surface area contributed by atoms with E-state index < -0.39 is 5.60 Å². The van der Waals surface area contributed by atoms with Crippen molar-refractivity contribution in [3.05, 3.63) is 76.6 Å². The second-order valence-electron chi connectivity index (χ2n) is 10.7. The molecule has 0 spiro atoms. The van der Waals surface area contributed by atoms with Crippen molar-refractivity contribution in [1.82, 2.24) is 29.7 Å². The fraction of sp³-hybridized carbons (Fsp3) is 0.379. The van der Waals surface area contributed by atoms with Crippen molar-refractivity contribution in [2.75, 3.05) is 26.2 Å². The number of benzene rings is 1. The highest BCUT2D eigenvalue weighted by atomic mass is 35.5. The van der Waals surface area contributed by atoms with Crippen LogP contribution in [0, 0.1) is 6.92 Å². The first kappa shape index (κ1) is 26.1. The third kappa shape index (κ3) is 6.14. The number of nitrogens with one attached hydrogen (secondary N) is 1. The van der Waals surface area contributed by atoms with Crippen molar-refractivity contribution < 1.29 is 9.53 Å². The van der Waals surface area contributed by atoms with Gasteiger partial charge in [0.25, 0.3) is 0 Å². The SMILES string of the molecule is Cc1nccc(-c2ccc3nc(Cc4cc(CN5CCN(C(=O)OC(C)(C)C)CC5)ccn4)[nH]c3c2)c1Cl. The predicted molar refractivity (Wildman–Crippen MR) is 149 cm³/mol. The maximum atomic E-state index is 12.3. The lowest BCUT2D eigenvalue weighted by Crippen LogP contribution is -2.49. The van der Waals surface area contributed by atoms with Crippen LogP contribution in [0.2, 0.25) is 5.02 Å². The number of carbonyl (C=O) groups excluding carboxylic acids is 1. The van der Waals surface area contributed by atoms with Crippen LogP contribution in [0.1, 0.15) is 43.5 Å². The molecule has 198 valence electrons. The lowest BCUT2D eigenvalue weighted by Gasteiger charge is -2.35. The summed E-state index contributed by atoms with van der Waals surface area (Å²) >= 11 is 6.50. The monoisotopic (exact) mass is 532 g/mol. The molecule has 0 unspecified atom stereocenters. The fourth-order valence-corrected chi connectivity index (χ4v) is 4.87. The molecule has 4 aromatic rings. The molecule has 1 aliphatic heterocycles. The van der Waals surface area contributed by atoms with E-state index in [0.29, 0.717) is 24.5 Å². The number of rotatable bonds is 5. The molecule has 8 nitrogen and oxygen atoms in total. The molecule has 9 heteroatoms. The Morgan fingerprint density at radius 1 is 1.05 bits per heavy atom. The molecule has 0 atom stereocenters. The molecule has 0 radical (unpaired) electrons. The number of pyridine rings is 2. The standard InChI is InChI=1S/C29H33ClN6O2/c1-19-27(30)23(8-10-31-19)21-5-6-24-25(16-21)34-26(33-24)17-22-15-20(7-9-32-22)18-35-11-13-36(14-12-35)28(37)38-29(2,3)4/h5-10,15-16H,11-14,17-18H2,1-4H3,(H,33,34). The van der Waals surface area contributed by atoms with Gasteiger partial charge >= 0.3 is 6.09 Å². The van der Waals surface area contributed by atoms with Gasteiger partial charge in [-0.1, -0.05) is 17.7 Å². The normalized spacial score (nSPS) is 14.7. The van der Waals surface area contributed by atoms with Crippen molar-refractivity contribution in [2.24, 2.45) is 0 Å². The summed E-state index contributed by atoms with van der Waals surface area (Å²) in [5.74, 6) is 0.866. The van der Waals surface area contributed by atoms with E-state index in [4.69, 9.17) is 21.3 Å². The van der Waals surface area contributed by atoms with E-state index in [1.807, 2.05) is 52.1 Å². The Labute approximate surface area is 228 Å². The second-order valence-corrected chi connectivity index (χ2v) is 11.1. The van der Waals surface area contributed by atoms with Crippen LogP contribution in [0.5, 0.6) is 0 Å². The zero-order valence-corrected chi connectivity index (χ0v) is 23.0. The number of aryl methyl sites for hydroxylation is 1. The predicted octanol–water partition coefficient (Wildman–Crippen LogP) is 5.63. The summed E-state index contributed by atoms with van der Waals surface area (Å²) in [6.45, 7) is 11.3. The van der Waals surface area contributed by atoms with Crippen molar-refractivity contribution >= 4 is 28.7 Å². The van der Waals surface area contributed by atoms with Gasteiger partial charge in [0.15, 0.2) is 0 Å². The molecule has 1 aromatic carbocycles. The van der Waals surface area contributed by atoms with E-state index in [0.717, 1.165) is 59.0 Å². The molecule has 1 N–H and O–H groups in total. The highest BCUT2D eigenvalue weighted by Gasteiger charge is 2.25. The molecule has 1 fully saturated rings. The van der Waals surface area contributed by atoms with E-state index >= 15 is 0 Å². The summed E-state index contributed by atoms with van der Waals surface area (Å²) in [5, 5.41) is 0.666. The smallest absolute Gasteiger partial charge is 0.410 e. The summed E-state index contributed by atoms with van der Waals surface area (Å²) in [4.78, 5) is 33.6. The number of ether oxygens (including phenoxy) is 1. The zero-order valence-electron chi connectivity index (χ0n) is 22.3. The van der Waals surface area contributed by atoms with Crippen LogP contribution in [0.25, 0.3) is 22.2 Å². The minimum atomic E-state index is -0.476. The number of imidazole rings is 1. The highest BCUT2D eigenvalue weighted by molar-refractivity contribution is 6.33. The van der Waals surface area contributed by atoms with Gasteiger partial charge < -0.3 is 14.6 Å². The molecule has 38 heavy (non-hydrogen) atoms. The molecule has 3 aromatic heterocycles. The van der Waals surface area contributed by atoms with Crippen LogP contribution in [-0.2, 0) is 17.7 Å². The number of aromatic amines is 1. The van der Waals surface area contributed by atoms with E-state index in [1.54, 1.807) is 11.1 Å². The summed E-state index contributed by atoms with van der Waals surface area (Å²) in [6.07, 6.45) is 4.01. The van der Waals surface area contributed by atoms with Gasteiger partial charge in [0.2, 0.25) is 0 Å². The van der Waals surface area contributed by atoms with Crippen LogP contribution in [0.3, 0.4) is 0 Å². The Hall–Kier alpha value is -3.49. The summed E-state index contributed by atoms with van der Waals surface area (Å²) < 4.78 is 5.51. The van der Waals surface area contributed by atoms with Crippen LogP contribution in [-0.4, -0.2) is 67.6 Å². The van der Waals surface area contributed by atoms with Gasteiger partial charge in [0, 0.05) is 62.8 Å². The lowest BCUT2D eigenvalue weighted by molar-refractivity contribution is 0.0139. The second kappa shape index (κ2) is 10.7. The Balaban J connectivity index is 1.23. The first-order valence-corrected chi connectivity index (χ1v) is 13.3. The Bertz CT molecular complexity index is 1450. The van der Waals surface area contributed by atoms with Gasteiger partial charge in [-0.15, -0.1) is 0 Å². The summed E-state index contributed by atoms with van der Waals surface area (Å²) in [7, 11) is 0. The lowest BCUT2D eigenvalue weighted by atomic mass is 10.1. The molecule has 1 saturated heterocycles. The van der Waals surface area contributed by atoms with E-state index in [-0.39, 0.29) is 6.09 Å². The molecule has 1 amide bonds. The fourth-order valence-electron chi connectivity index (χ4n) is 4.65. The number of piperazine rings is 1. The Kier molecular flexibility index (Phi) is 7.36. The minimum Gasteiger partial charge on any atom is -0.444 e. The van der Waals surface area contributed by atoms with Gasteiger partial charge in [-0.2, -0.15) is 0 Å². The van der Waals surface area contributed by atoms with Gasteiger partial charge in [-0.3, -0.25) is 14.9 Å². The molecule has 4 heterocycles. The summed E-state index contributed by atoms with van der Waals surface area (Å²) in [6, 6.07) is 12.2. The van der Waals surface area contributed by atoms with Gasteiger partial charge in [0.05, 0.1) is 21.7 Å². The minimum absolute atomic E-state index is 0.236. The van der Waals surface area contributed by atoms with Crippen molar-refractivity contribution in [3.63, 3.8) is 0 Å². The third-order valence-electron chi connectivity index (χ3n) is 6.57. The number of halogens is 1. The van der Waals surface area contributed by atoms with E-state index in [9.17, 15) is 4.79 Å². The molecule has 0 aliphatic carbocycles. The largest absolute Gasteiger partial charge is 0.444 e. The van der Waals surface area contributed by atoms with Crippen LogP contribution in [0.4, 0.5) is 4.79 Å². The topological polar surface area (TPSA) is 87.2 Å². The number of hydrogen-bond acceptors (Lipinski definition) is 6. The number of carbonyl (C=O) groups is 1. The van der Waals surface area contributed by atoms with Crippen LogP contribution < -0.4 is 0 Å². The first-order chi connectivity index (χ1) is 18.1. The number of nitrogens with zero attached hydrogens (tertiary/aromatic N) is 5. The maximum Gasteiger partial charge on any atom is 0.410 e. The van der Waals surface area contributed by atoms with Crippen molar-refractivity contribution in [3.8, 4) is 11.1 Å². The highest BCUT2D eigenvalue weighted by Crippen LogP contribution is 2.31. The number of H-pyrrole nitrogens is 1. The van der Waals surface area contributed by atoms with Crippen LogP contribution in [0.15, 0.2) is 48.8 Å². The van der Waals surface area contributed by atoms with E-state index in [1.165, 1.54) is 5.56 Å².